The molecule has 0 saturated carbocycles. The summed E-state index contributed by atoms with van der Waals surface area (Å²) in [6.45, 7) is 0.768. The highest BCUT2D eigenvalue weighted by atomic mass is 79.9. The average Bonchev–Trinajstić information content (AvgIpc) is 2.76. The molecule has 1 aromatic heterocycles. The SMILES string of the molecule is Oc1ccc2c(ccn2Cc2ccc(Cl)c(Br)c2)c1. The van der Waals surface area contributed by atoms with Crippen LogP contribution in [0.1, 0.15) is 5.56 Å². The number of hydrogen-bond acceptors (Lipinski definition) is 1. The van der Waals surface area contributed by atoms with Gasteiger partial charge in [0.15, 0.2) is 0 Å². The Labute approximate surface area is 124 Å². The van der Waals surface area contributed by atoms with Gasteiger partial charge in [0.1, 0.15) is 5.75 Å². The number of hydrogen-bond donors (Lipinski definition) is 1. The van der Waals surface area contributed by atoms with Gasteiger partial charge in [0.25, 0.3) is 0 Å². The van der Waals surface area contributed by atoms with Gasteiger partial charge in [0, 0.05) is 28.1 Å². The van der Waals surface area contributed by atoms with Crippen LogP contribution >= 0.6 is 27.5 Å². The molecule has 0 fully saturated rings. The van der Waals surface area contributed by atoms with E-state index in [1.54, 1.807) is 12.1 Å². The van der Waals surface area contributed by atoms with E-state index in [1.165, 1.54) is 5.56 Å². The molecule has 1 N–H and O–H groups in total. The van der Waals surface area contributed by atoms with Crippen molar-refractivity contribution in [3.05, 3.63) is 63.7 Å². The van der Waals surface area contributed by atoms with Gasteiger partial charge in [0.2, 0.25) is 0 Å². The third-order valence-electron chi connectivity index (χ3n) is 3.09. The molecule has 0 amide bonds. The monoisotopic (exact) mass is 335 g/mol. The molecule has 2 nitrogen and oxygen atoms in total. The van der Waals surface area contributed by atoms with Gasteiger partial charge in [-0.25, -0.2) is 0 Å². The van der Waals surface area contributed by atoms with E-state index in [-0.39, 0.29) is 0 Å². The summed E-state index contributed by atoms with van der Waals surface area (Å²) in [6.07, 6.45) is 2.02. The molecule has 96 valence electrons. The number of rotatable bonds is 2. The molecule has 0 spiro atoms. The zero-order chi connectivity index (χ0) is 13.4. The minimum absolute atomic E-state index is 0.291. The minimum atomic E-state index is 0.291. The molecule has 0 aliphatic rings. The van der Waals surface area contributed by atoms with Crippen LogP contribution in [0, 0.1) is 0 Å². The molecular weight excluding hydrogens is 326 g/mol. The van der Waals surface area contributed by atoms with E-state index in [0.717, 1.165) is 21.9 Å². The second-order valence-corrected chi connectivity index (χ2v) is 5.70. The Morgan fingerprint density at radius 3 is 2.74 bits per heavy atom. The van der Waals surface area contributed by atoms with Crippen LogP contribution in [0.4, 0.5) is 0 Å². The summed E-state index contributed by atoms with van der Waals surface area (Å²) in [5.41, 5.74) is 2.27. The van der Waals surface area contributed by atoms with E-state index in [4.69, 9.17) is 11.6 Å². The standard InChI is InChI=1S/C15H11BrClNO/c16-13-7-10(1-3-14(13)17)9-18-6-5-11-8-12(19)2-4-15(11)18/h1-8,19H,9H2. The van der Waals surface area contributed by atoms with Crippen LogP contribution in [0.3, 0.4) is 0 Å². The summed E-state index contributed by atoms with van der Waals surface area (Å²) in [7, 11) is 0. The maximum absolute atomic E-state index is 9.47. The van der Waals surface area contributed by atoms with Gasteiger partial charge in [-0.1, -0.05) is 17.7 Å². The van der Waals surface area contributed by atoms with Crippen molar-refractivity contribution in [3.63, 3.8) is 0 Å². The molecule has 0 aliphatic heterocycles. The first-order chi connectivity index (χ1) is 9.13. The Morgan fingerprint density at radius 2 is 1.95 bits per heavy atom. The molecule has 3 rings (SSSR count). The maximum Gasteiger partial charge on any atom is 0.116 e. The topological polar surface area (TPSA) is 25.2 Å². The fraction of sp³-hybridized carbons (Fsp3) is 0.0667. The van der Waals surface area contributed by atoms with Gasteiger partial charge in [-0.15, -0.1) is 0 Å². The fourth-order valence-corrected chi connectivity index (χ4v) is 2.70. The molecule has 0 atom stereocenters. The number of aromatic nitrogens is 1. The van der Waals surface area contributed by atoms with Crippen molar-refractivity contribution >= 4 is 38.4 Å². The second-order valence-electron chi connectivity index (χ2n) is 4.44. The first kappa shape index (κ1) is 12.6. The molecule has 0 unspecified atom stereocenters. The van der Waals surface area contributed by atoms with Gasteiger partial charge < -0.3 is 9.67 Å². The Kier molecular flexibility index (Phi) is 3.25. The van der Waals surface area contributed by atoms with Crippen molar-refractivity contribution < 1.29 is 5.11 Å². The minimum Gasteiger partial charge on any atom is -0.508 e. The molecule has 3 aromatic rings. The normalized spacial score (nSPS) is 11.1. The van der Waals surface area contributed by atoms with Gasteiger partial charge in [-0.3, -0.25) is 0 Å². The third kappa shape index (κ3) is 2.48. The summed E-state index contributed by atoms with van der Waals surface area (Å²) < 4.78 is 3.05. The van der Waals surface area contributed by atoms with Crippen LogP contribution in [0.2, 0.25) is 5.02 Å². The van der Waals surface area contributed by atoms with Crippen LogP contribution in [0.5, 0.6) is 5.75 Å². The van der Waals surface area contributed by atoms with E-state index in [9.17, 15) is 5.11 Å². The summed E-state index contributed by atoms with van der Waals surface area (Å²) in [4.78, 5) is 0. The van der Waals surface area contributed by atoms with E-state index in [1.807, 2.05) is 36.5 Å². The Balaban J connectivity index is 1.98. The quantitative estimate of drug-likeness (QED) is 0.713. The Bertz CT molecular complexity index is 751. The van der Waals surface area contributed by atoms with E-state index in [2.05, 4.69) is 20.5 Å². The van der Waals surface area contributed by atoms with Crippen LogP contribution in [0.15, 0.2) is 53.1 Å². The maximum atomic E-state index is 9.47. The van der Waals surface area contributed by atoms with Gasteiger partial charge >= 0.3 is 0 Å². The lowest BCUT2D eigenvalue weighted by Crippen LogP contribution is -1.97. The lowest BCUT2D eigenvalue weighted by Gasteiger charge is -2.07. The van der Waals surface area contributed by atoms with Crippen LogP contribution in [-0.2, 0) is 6.54 Å². The molecule has 4 heteroatoms. The highest BCUT2D eigenvalue weighted by Crippen LogP contribution is 2.25. The van der Waals surface area contributed by atoms with Crippen LogP contribution in [-0.4, -0.2) is 9.67 Å². The predicted octanol–water partition coefficient (Wildman–Crippen LogP) is 4.81. The third-order valence-corrected chi connectivity index (χ3v) is 4.31. The molecule has 19 heavy (non-hydrogen) atoms. The van der Waals surface area contributed by atoms with Gasteiger partial charge in [-0.05, 0) is 57.9 Å². The van der Waals surface area contributed by atoms with Crippen molar-refractivity contribution in [2.75, 3.05) is 0 Å². The van der Waals surface area contributed by atoms with Crippen molar-refractivity contribution in [2.24, 2.45) is 0 Å². The number of fused-ring (bicyclic) bond motifs is 1. The van der Waals surface area contributed by atoms with Crippen molar-refractivity contribution in [3.8, 4) is 5.75 Å². The van der Waals surface area contributed by atoms with E-state index < -0.39 is 0 Å². The molecular formula is C15H11BrClNO. The lowest BCUT2D eigenvalue weighted by atomic mass is 10.2. The molecule has 1 heterocycles. The Morgan fingerprint density at radius 1 is 1.11 bits per heavy atom. The molecule has 0 saturated heterocycles. The number of benzene rings is 2. The van der Waals surface area contributed by atoms with Crippen molar-refractivity contribution in [2.45, 2.75) is 6.54 Å². The van der Waals surface area contributed by atoms with Crippen LogP contribution < -0.4 is 0 Å². The number of halogens is 2. The number of nitrogens with zero attached hydrogens (tertiary/aromatic N) is 1. The van der Waals surface area contributed by atoms with Gasteiger partial charge in [0.05, 0.1) is 5.02 Å². The van der Waals surface area contributed by atoms with E-state index >= 15 is 0 Å². The molecule has 0 radical (unpaired) electrons. The van der Waals surface area contributed by atoms with E-state index in [0.29, 0.717) is 10.8 Å². The number of phenols is 1. The second kappa shape index (κ2) is 4.91. The summed E-state index contributed by atoms with van der Waals surface area (Å²) in [5.74, 6) is 0.291. The smallest absolute Gasteiger partial charge is 0.116 e. The first-order valence-corrected chi connectivity index (χ1v) is 7.02. The zero-order valence-corrected chi connectivity index (χ0v) is 12.3. The Hall–Kier alpha value is -1.45. The average molecular weight is 337 g/mol. The number of phenolic OH excluding ortho intramolecular Hbond substituents is 1. The van der Waals surface area contributed by atoms with Crippen molar-refractivity contribution in [1.29, 1.82) is 0 Å². The van der Waals surface area contributed by atoms with Crippen LogP contribution in [0.25, 0.3) is 10.9 Å². The fourth-order valence-electron chi connectivity index (χ4n) is 2.16. The molecule has 0 bridgehead atoms. The largest absolute Gasteiger partial charge is 0.508 e. The molecule has 0 aliphatic carbocycles. The van der Waals surface area contributed by atoms with Gasteiger partial charge in [-0.2, -0.15) is 0 Å². The predicted molar refractivity (Wildman–Crippen MR) is 81.9 cm³/mol. The summed E-state index contributed by atoms with van der Waals surface area (Å²) in [5, 5.41) is 11.2. The molecule has 2 aromatic carbocycles. The lowest BCUT2D eigenvalue weighted by molar-refractivity contribution is 0.476. The first-order valence-electron chi connectivity index (χ1n) is 5.85. The summed E-state index contributed by atoms with van der Waals surface area (Å²) >= 11 is 9.43. The summed E-state index contributed by atoms with van der Waals surface area (Å²) in [6, 6.07) is 13.3. The highest BCUT2D eigenvalue weighted by molar-refractivity contribution is 9.10. The number of aromatic hydroxyl groups is 1. The zero-order valence-electron chi connectivity index (χ0n) is 9.98. The van der Waals surface area contributed by atoms with Crippen molar-refractivity contribution in [1.82, 2.24) is 4.57 Å². The highest BCUT2D eigenvalue weighted by Gasteiger charge is 2.04.